The van der Waals surface area contributed by atoms with Crippen LogP contribution in [0, 0.1) is 5.82 Å². The molecule has 0 aliphatic heterocycles. The van der Waals surface area contributed by atoms with E-state index in [2.05, 4.69) is 0 Å². The monoisotopic (exact) mass is 985 g/mol. The molecular formula is C52H58Cl2FN5O9. The van der Waals surface area contributed by atoms with Gasteiger partial charge in [-0.2, -0.15) is 10.1 Å². The Hall–Kier alpha value is -6.88. The summed E-state index contributed by atoms with van der Waals surface area (Å²) in [6, 6.07) is 40.0. The van der Waals surface area contributed by atoms with E-state index in [1.54, 1.807) is 80.0 Å². The second kappa shape index (κ2) is 26.6. The van der Waals surface area contributed by atoms with E-state index in [0.29, 0.717) is 37.2 Å². The predicted molar refractivity (Wildman–Crippen MR) is 262 cm³/mol. The van der Waals surface area contributed by atoms with Crippen LogP contribution in [-0.2, 0) is 4.79 Å². The zero-order valence-corrected chi connectivity index (χ0v) is 40.5. The highest BCUT2D eigenvalue weighted by molar-refractivity contribution is 6.30. The van der Waals surface area contributed by atoms with Gasteiger partial charge >= 0.3 is 12.1 Å². The van der Waals surface area contributed by atoms with Gasteiger partial charge in [-0.3, -0.25) is 20.4 Å². The average Bonchev–Trinajstić information content (AvgIpc) is 3.34. The van der Waals surface area contributed by atoms with Crippen molar-refractivity contribution in [2.75, 3.05) is 0 Å². The highest BCUT2D eigenvalue weighted by atomic mass is 35.5. The summed E-state index contributed by atoms with van der Waals surface area (Å²) in [4.78, 5) is 33.1. The van der Waals surface area contributed by atoms with Crippen molar-refractivity contribution in [1.29, 1.82) is 0 Å². The molecule has 6 aromatic carbocycles. The molecule has 366 valence electrons. The molecule has 5 amide bonds. The smallest absolute Gasteiger partial charge is 0.339 e. The number of urea groups is 2. The van der Waals surface area contributed by atoms with Gasteiger partial charge in [-0.05, 0) is 147 Å². The minimum absolute atomic E-state index is 0.0184. The lowest BCUT2D eigenvalue weighted by Gasteiger charge is -2.21. The number of carbonyl (C=O) groups excluding carboxylic acids is 3. The fourth-order valence-electron chi connectivity index (χ4n) is 6.65. The van der Waals surface area contributed by atoms with E-state index in [9.17, 15) is 29.2 Å². The van der Waals surface area contributed by atoms with Gasteiger partial charge in [-0.1, -0.05) is 103 Å². The van der Waals surface area contributed by atoms with Crippen LogP contribution in [0.25, 0.3) is 0 Å². The molecule has 0 radical (unpaired) electrons. The highest BCUT2D eigenvalue weighted by Gasteiger charge is 2.19. The maximum atomic E-state index is 12.9. The number of hydrogen-bond acceptors (Lipinski definition) is 9. The van der Waals surface area contributed by atoms with Gasteiger partial charge in [-0.15, -0.1) is 0 Å². The number of ether oxygens (including phenoxy) is 3. The number of nitrogens with one attached hydrogen (secondary N) is 1. The number of hydrogen-bond donors (Lipinski definition) is 6. The molecule has 0 fully saturated rings. The van der Waals surface area contributed by atoms with E-state index in [0.717, 1.165) is 33.6 Å². The predicted octanol–water partition coefficient (Wildman–Crippen LogP) is 12.6. The van der Waals surface area contributed by atoms with E-state index in [1.165, 1.54) is 12.1 Å². The van der Waals surface area contributed by atoms with Gasteiger partial charge in [0.1, 0.15) is 41.4 Å². The largest absolute Gasteiger partial charge is 0.486 e. The summed E-state index contributed by atoms with van der Waals surface area (Å²) in [7, 11) is 0. The van der Waals surface area contributed by atoms with E-state index >= 15 is 0 Å². The third kappa shape index (κ3) is 17.3. The highest BCUT2D eigenvalue weighted by Crippen LogP contribution is 2.29. The standard InChI is InChI=1S/C18H20ClNO3.C17H19ClN2O3.C17H19FN2O3/c1-12(11-18(21)20-22)14-5-9-17(10-6-14)23-13(2)15-3-7-16(19)8-4-15;2*1-11(20(22)17(19)21)13-5-9-16(10-6-13)23-12(2)14-3-7-15(18)8-4-14/h3-10,12-13,22H,11H2,1-2H3,(H,20,21);2*3-12,22H,1-2H3,(H2,19,21). The van der Waals surface area contributed by atoms with Gasteiger partial charge in [0, 0.05) is 16.5 Å². The normalized spacial score (nSPS) is 13.2. The Morgan fingerprint density at radius 3 is 1.07 bits per heavy atom. The van der Waals surface area contributed by atoms with Crippen LogP contribution >= 0.6 is 23.2 Å². The fraction of sp³-hybridized carbons (Fsp3) is 0.250. The van der Waals surface area contributed by atoms with Crippen LogP contribution in [0.2, 0.25) is 10.0 Å². The molecule has 0 heterocycles. The van der Waals surface area contributed by atoms with E-state index in [4.69, 9.17) is 54.1 Å². The number of benzene rings is 6. The maximum absolute atomic E-state index is 12.9. The molecule has 0 aliphatic carbocycles. The van der Waals surface area contributed by atoms with Crippen LogP contribution in [0.1, 0.15) is 118 Å². The number of primary amides is 2. The molecule has 6 aromatic rings. The molecule has 69 heavy (non-hydrogen) atoms. The second-order valence-electron chi connectivity index (χ2n) is 16.0. The lowest BCUT2D eigenvalue weighted by molar-refractivity contribution is -0.129. The molecule has 0 aromatic heterocycles. The summed E-state index contributed by atoms with van der Waals surface area (Å²) in [5.74, 6) is 1.41. The van der Waals surface area contributed by atoms with Crippen molar-refractivity contribution >= 4 is 41.2 Å². The van der Waals surface area contributed by atoms with Crippen LogP contribution in [0.5, 0.6) is 17.2 Å². The summed E-state index contributed by atoms with van der Waals surface area (Å²) >= 11 is 11.8. The van der Waals surface area contributed by atoms with Gasteiger partial charge in [0.15, 0.2) is 0 Å². The Balaban J connectivity index is 0.000000225. The number of nitrogens with zero attached hydrogens (tertiary/aromatic N) is 2. The van der Waals surface area contributed by atoms with Gasteiger partial charge in [-0.25, -0.2) is 19.5 Å². The Bertz CT molecular complexity index is 2400. The van der Waals surface area contributed by atoms with Crippen molar-refractivity contribution in [3.8, 4) is 17.2 Å². The molecule has 0 spiro atoms. The molecule has 8 N–H and O–H groups in total. The minimum atomic E-state index is -0.914. The van der Waals surface area contributed by atoms with Gasteiger partial charge < -0.3 is 25.7 Å². The molecular weight excluding hydrogens is 929 g/mol. The van der Waals surface area contributed by atoms with E-state index in [1.807, 2.05) is 100 Å². The molecule has 0 bridgehead atoms. The van der Waals surface area contributed by atoms with Crippen molar-refractivity contribution in [3.05, 3.63) is 195 Å². The number of hydroxylamine groups is 5. The third-order valence-electron chi connectivity index (χ3n) is 10.9. The molecule has 0 aliphatic rings. The first kappa shape index (κ1) is 54.7. The van der Waals surface area contributed by atoms with Gasteiger partial charge in [0.2, 0.25) is 5.91 Å². The van der Waals surface area contributed by atoms with Crippen molar-refractivity contribution < 1.29 is 48.6 Å². The van der Waals surface area contributed by atoms with Crippen molar-refractivity contribution in [3.63, 3.8) is 0 Å². The van der Waals surface area contributed by atoms with Crippen LogP contribution in [-0.4, -0.2) is 43.7 Å². The average molecular weight is 987 g/mol. The SMILES string of the molecule is CC(CC(=O)NO)c1ccc(OC(C)c2ccc(Cl)cc2)cc1.CC(Oc1ccc(C(C)N(O)C(N)=O)cc1)c1ccc(Cl)cc1.CC(Oc1ccc(C(C)N(O)C(N)=O)cc1)c1ccc(F)cc1. The summed E-state index contributed by atoms with van der Waals surface area (Å²) in [5.41, 5.74) is 17.1. The van der Waals surface area contributed by atoms with Crippen LogP contribution in [0.3, 0.4) is 0 Å². The summed E-state index contributed by atoms with van der Waals surface area (Å²) in [6.45, 7) is 11.1. The van der Waals surface area contributed by atoms with E-state index < -0.39 is 30.1 Å². The Labute approximate surface area is 411 Å². The first-order chi connectivity index (χ1) is 32.8. The van der Waals surface area contributed by atoms with Crippen LogP contribution in [0.4, 0.5) is 14.0 Å². The van der Waals surface area contributed by atoms with Crippen molar-refractivity contribution in [2.24, 2.45) is 11.5 Å². The number of carbonyl (C=O) groups is 3. The van der Waals surface area contributed by atoms with Crippen LogP contribution < -0.4 is 31.2 Å². The molecule has 6 unspecified atom stereocenters. The molecule has 6 rings (SSSR count). The molecule has 17 heteroatoms. The molecule has 14 nitrogen and oxygen atoms in total. The summed E-state index contributed by atoms with van der Waals surface area (Å²) < 4.78 is 30.5. The summed E-state index contributed by atoms with van der Waals surface area (Å²) in [5, 5.41) is 30.0. The first-order valence-corrected chi connectivity index (χ1v) is 22.6. The zero-order chi connectivity index (χ0) is 50.8. The number of halogens is 3. The number of rotatable bonds is 16. The van der Waals surface area contributed by atoms with E-state index in [-0.39, 0.29) is 36.5 Å². The third-order valence-corrected chi connectivity index (χ3v) is 11.4. The molecule has 6 atom stereocenters. The Kier molecular flexibility index (Phi) is 21.1. The van der Waals surface area contributed by atoms with Gasteiger partial charge in [0.25, 0.3) is 0 Å². The number of amides is 5. The first-order valence-electron chi connectivity index (χ1n) is 21.8. The van der Waals surface area contributed by atoms with Crippen LogP contribution in [0.15, 0.2) is 146 Å². The molecule has 0 saturated carbocycles. The Morgan fingerprint density at radius 2 is 0.783 bits per heavy atom. The van der Waals surface area contributed by atoms with Crippen molar-refractivity contribution in [1.82, 2.24) is 15.6 Å². The second-order valence-corrected chi connectivity index (χ2v) is 16.9. The zero-order valence-electron chi connectivity index (χ0n) is 39.0. The lowest BCUT2D eigenvalue weighted by atomic mass is 9.97. The fourth-order valence-corrected chi connectivity index (χ4v) is 6.90. The maximum Gasteiger partial charge on any atom is 0.339 e. The number of nitrogens with two attached hydrogens (primary N) is 2. The van der Waals surface area contributed by atoms with Crippen molar-refractivity contribution in [2.45, 2.75) is 84.3 Å². The Morgan fingerprint density at radius 1 is 0.507 bits per heavy atom. The topological polar surface area (TPSA) is 210 Å². The minimum Gasteiger partial charge on any atom is -0.486 e. The summed E-state index contributed by atoms with van der Waals surface area (Å²) in [6.07, 6.45) is -0.220. The lowest BCUT2D eigenvalue weighted by Crippen LogP contribution is -2.34. The quantitative estimate of drug-likeness (QED) is 0.0402. The molecule has 0 saturated heterocycles. The van der Waals surface area contributed by atoms with Gasteiger partial charge in [0.05, 0.1) is 12.1 Å².